The molecule has 1 heterocycles. The first-order valence-corrected chi connectivity index (χ1v) is 15.0. The summed E-state index contributed by atoms with van der Waals surface area (Å²) < 4.78 is 5.88. The Morgan fingerprint density at radius 2 is 1.93 bits per heavy atom. The van der Waals surface area contributed by atoms with Gasteiger partial charge < -0.3 is 25.6 Å². The Morgan fingerprint density at radius 3 is 2.55 bits per heavy atom. The van der Waals surface area contributed by atoms with E-state index >= 15 is 0 Å². The quantitative estimate of drug-likeness (QED) is 0.360. The highest BCUT2D eigenvalue weighted by molar-refractivity contribution is 5.95. The van der Waals surface area contributed by atoms with E-state index in [1.807, 2.05) is 36.4 Å². The average molecular weight is 580 g/mol. The molecule has 2 aromatic carbocycles. The molecule has 8 atom stereocenters. The van der Waals surface area contributed by atoms with E-state index in [1.165, 1.54) is 6.42 Å². The normalized spacial score (nSPS) is 30.7. The fourth-order valence-corrected chi connectivity index (χ4v) is 7.80. The monoisotopic (exact) mass is 579 g/mol. The maximum atomic E-state index is 14.0. The summed E-state index contributed by atoms with van der Waals surface area (Å²) in [5, 5.41) is 28.5. The van der Waals surface area contributed by atoms with E-state index < -0.39 is 24.2 Å². The summed E-state index contributed by atoms with van der Waals surface area (Å²) in [6, 6.07) is 12.3. The molecule has 1 aliphatic heterocycles. The lowest BCUT2D eigenvalue weighted by atomic mass is 9.45. The van der Waals surface area contributed by atoms with Crippen LogP contribution in [0.15, 0.2) is 42.5 Å². The third kappa shape index (κ3) is 5.32. The Hall–Kier alpha value is -2.98. The molecule has 6 rings (SSSR count). The molecule has 42 heavy (non-hydrogen) atoms. The second kappa shape index (κ2) is 12.0. The van der Waals surface area contributed by atoms with Gasteiger partial charge in [-0.2, -0.15) is 5.06 Å². The van der Waals surface area contributed by atoms with Gasteiger partial charge in [-0.15, -0.1) is 0 Å². The average Bonchev–Trinajstić information content (AvgIpc) is 3.36. The van der Waals surface area contributed by atoms with Crippen LogP contribution in [0.1, 0.15) is 56.5 Å². The van der Waals surface area contributed by atoms with Crippen molar-refractivity contribution in [2.45, 2.75) is 71.4 Å². The number of para-hydroxylation sites is 1. The zero-order valence-electron chi connectivity index (χ0n) is 25.5. The van der Waals surface area contributed by atoms with Gasteiger partial charge in [-0.1, -0.05) is 51.1 Å². The maximum Gasteiger partial charge on any atom is 0.251 e. The Balaban J connectivity index is 1.43. The third-order valence-electron chi connectivity index (χ3n) is 10.4. The summed E-state index contributed by atoms with van der Waals surface area (Å²) in [6.07, 6.45) is 0.553. The molecule has 0 aromatic heterocycles. The molecule has 3 aliphatic carbocycles. The number of carbonyl (C=O) groups is 2. The van der Waals surface area contributed by atoms with Gasteiger partial charge in [0.15, 0.2) is 0 Å². The summed E-state index contributed by atoms with van der Waals surface area (Å²) in [5.41, 5.74) is 3.22. The number of hydroxylamine groups is 2. The van der Waals surface area contributed by atoms with Gasteiger partial charge in [0.2, 0.25) is 5.91 Å². The summed E-state index contributed by atoms with van der Waals surface area (Å²) in [7, 11) is 3.18. The predicted molar refractivity (Wildman–Crippen MR) is 159 cm³/mol. The Morgan fingerprint density at radius 1 is 1.19 bits per heavy atom. The molecule has 3 saturated carbocycles. The van der Waals surface area contributed by atoms with Crippen molar-refractivity contribution in [2.24, 2.45) is 29.1 Å². The molecule has 9 nitrogen and oxygen atoms in total. The molecular formula is C33H45N3O6. The largest absolute Gasteiger partial charge is 0.496 e. The number of fused-ring (bicyclic) bond motifs is 2. The number of nitrogens with zero attached hydrogens (tertiary/aromatic N) is 1. The van der Waals surface area contributed by atoms with Crippen molar-refractivity contribution in [1.82, 2.24) is 15.7 Å². The summed E-state index contributed by atoms with van der Waals surface area (Å²) in [6.45, 7) is 8.41. The number of methoxy groups -OCH3 is 1. The molecule has 4 N–H and O–H groups in total. The van der Waals surface area contributed by atoms with Gasteiger partial charge in [0.1, 0.15) is 17.9 Å². The maximum absolute atomic E-state index is 14.0. The number of hydrogen-bond donors (Lipinski definition) is 4. The first kappa shape index (κ1) is 30.5. The number of hydrogen-bond acceptors (Lipinski definition) is 7. The summed E-state index contributed by atoms with van der Waals surface area (Å²) in [5.74, 6) is 1.12. The van der Waals surface area contributed by atoms with E-state index in [4.69, 9.17) is 9.57 Å². The number of carbonyl (C=O) groups excluding carboxylic acids is 2. The molecule has 2 aromatic rings. The second-order valence-electron chi connectivity index (χ2n) is 12.9. The van der Waals surface area contributed by atoms with E-state index in [0.717, 1.165) is 23.1 Å². The highest BCUT2D eigenvalue weighted by Crippen LogP contribution is 2.61. The molecule has 2 amide bonds. The van der Waals surface area contributed by atoms with Crippen LogP contribution in [0.3, 0.4) is 0 Å². The lowest BCUT2D eigenvalue weighted by Gasteiger charge is -2.62. The van der Waals surface area contributed by atoms with Gasteiger partial charge >= 0.3 is 0 Å². The highest BCUT2D eigenvalue weighted by Gasteiger charge is 2.57. The molecular weight excluding hydrogens is 534 g/mol. The standard InChI is InChI=1S/C33H45N3O6/c1-18-25-14-23(33(25,3)4)15-26(18)35-32(40)29-28(19(2)38)27(17-37)42-36(29)16-22-11-8-12-24(30(22)41-6)20-9-7-10-21(13-20)31(39)34-5/h7-13,18-19,23,25-29,37-38H,14-17H2,1-6H3,(H,34,39)(H,35,40)/t18-,19-,23+,25-,26-,27-,28-,29-/m0/s1. The number of amides is 2. The van der Waals surface area contributed by atoms with Crippen molar-refractivity contribution in [3.63, 3.8) is 0 Å². The van der Waals surface area contributed by atoms with E-state index in [0.29, 0.717) is 34.5 Å². The third-order valence-corrected chi connectivity index (χ3v) is 10.4. The summed E-state index contributed by atoms with van der Waals surface area (Å²) in [4.78, 5) is 32.4. The van der Waals surface area contributed by atoms with E-state index in [9.17, 15) is 19.8 Å². The van der Waals surface area contributed by atoms with Gasteiger partial charge in [0.05, 0.1) is 26.4 Å². The SMILES string of the molecule is CNC(=O)c1cccc(-c2cccc(CN3O[C@@H](CO)[C@H]([C@H](C)O)[C@H]3C(=O)N[C@H]3C[C@H]4C[C@@H]([C@@H]3C)C4(C)C)c2OC)c1. The van der Waals surface area contributed by atoms with Crippen molar-refractivity contribution < 1.29 is 29.4 Å². The first-order valence-electron chi connectivity index (χ1n) is 15.0. The van der Waals surface area contributed by atoms with Crippen LogP contribution in [0.4, 0.5) is 0 Å². The number of nitrogens with one attached hydrogen (secondary N) is 2. The molecule has 4 aliphatic rings. The van der Waals surface area contributed by atoms with E-state index in [-0.39, 0.29) is 31.0 Å². The number of aliphatic hydroxyl groups excluding tert-OH is 2. The van der Waals surface area contributed by atoms with Gasteiger partial charge in [0, 0.05) is 35.7 Å². The van der Waals surface area contributed by atoms with Crippen LogP contribution in [0.25, 0.3) is 11.1 Å². The molecule has 0 unspecified atom stereocenters. The van der Waals surface area contributed by atoms with Gasteiger partial charge in [-0.25, -0.2) is 0 Å². The molecule has 4 fully saturated rings. The fourth-order valence-electron chi connectivity index (χ4n) is 7.80. The second-order valence-corrected chi connectivity index (χ2v) is 12.9. The van der Waals surface area contributed by atoms with E-state index in [2.05, 4.69) is 31.4 Å². The van der Waals surface area contributed by atoms with Crippen LogP contribution in [-0.4, -0.2) is 72.1 Å². The highest BCUT2D eigenvalue weighted by atomic mass is 16.7. The Bertz CT molecular complexity index is 1310. The number of aliphatic hydroxyl groups is 2. The number of benzene rings is 2. The molecule has 1 saturated heterocycles. The minimum Gasteiger partial charge on any atom is -0.496 e. The summed E-state index contributed by atoms with van der Waals surface area (Å²) >= 11 is 0. The minimum atomic E-state index is -0.875. The Labute approximate surface area is 248 Å². The van der Waals surface area contributed by atoms with Crippen LogP contribution in [-0.2, 0) is 16.2 Å². The molecule has 0 radical (unpaired) electrons. The lowest BCUT2D eigenvalue weighted by molar-refractivity contribution is -0.183. The van der Waals surface area contributed by atoms with E-state index in [1.54, 1.807) is 32.2 Å². The molecule has 2 bridgehead atoms. The lowest BCUT2D eigenvalue weighted by Crippen LogP contribution is -2.62. The van der Waals surface area contributed by atoms with Crippen molar-refractivity contribution in [1.29, 1.82) is 0 Å². The van der Waals surface area contributed by atoms with Crippen molar-refractivity contribution in [3.05, 3.63) is 53.6 Å². The molecule has 9 heteroatoms. The Kier molecular flexibility index (Phi) is 8.67. The van der Waals surface area contributed by atoms with Gasteiger partial charge in [0.25, 0.3) is 5.91 Å². The van der Waals surface area contributed by atoms with Crippen LogP contribution >= 0.6 is 0 Å². The van der Waals surface area contributed by atoms with Crippen molar-refractivity contribution in [2.75, 3.05) is 20.8 Å². The zero-order valence-corrected chi connectivity index (χ0v) is 25.5. The minimum absolute atomic E-state index is 0.0596. The fraction of sp³-hybridized carbons (Fsp3) is 0.576. The first-order chi connectivity index (χ1) is 20.0. The van der Waals surface area contributed by atoms with Gasteiger partial charge in [-0.05, 0) is 60.6 Å². The van der Waals surface area contributed by atoms with Crippen LogP contribution < -0.4 is 15.4 Å². The number of rotatable bonds is 9. The predicted octanol–water partition coefficient (Wildman–Crippen LogP) is 3.38. The van der Waals surface area contributed by atoms with Crippen LogP contribution in [0.5, 0.6) is 5.75 Å². The zero-order chi connectivity index (χ0) is 30.3. The smallest absolute Gasteiger partial charge is 0.251 e. The molecule has 0 spiro atoms. The van der Waals surface area contributed by atoms with Crippen molar-refractivity contribution in [3.8, 4) is 16.9 Å². The molecule has 228 valence electrons. The van der Waals surface area contributed by atoms with Crippen molar-refractivity contribution >= 4 is 11.8 Å². The number of ether oxygens (including phenoxy) is 1. The van der Waals surface area contributed by atoms with Crippen LogP contribution in [0.2, 0.25) is 0 Å². The van der Waals surface area contributed by atoms with Gasteiger partial charge in [-0.3, -0.25) is 14.4 Å². The topological polar surface area (TPSA) is 120 Å². The van der Waals surface area contributed by atoms with Crippen LogP contribution in [0, 0.1) is 29.1 Å².